The summed E-state index contributed by atoms with van der Waals surface area (Å²) in [5.74, 6) is 0.296. The third kappa shape index (κ3) is 3.62. The Bertz CT molecular complexity index is 458. The van der Waals surface area contributed by atoms with Crippen molar-refractivity contribution in [2.24, 2.45) is 5.41 Å². The van der Waals surface area contributed by atoms with Gasteiger partial charge in [-0.3, -0.25) is 9.78 Å². The Hall–Kier alpha value is -1.42. The Morgan fingerprint density at radius 2 is 1.95 bits per heavy atom. The lowest BCUT2D eigenvalue weighted by molar-refractivity contribution is -0.133. The number of nitrogens with zero attached hydrogens (tertiary/aromatic N) is 2. The predicted molar refractivity (Wildman–Crippen MR) is 82.9 cm³/mol. The summed E-state index contributed by atoms with van der Waals surface area (Å²) >= 11 is 0. The number of hydrogen-bond acceptors (Lipinski definition) is 3. The Morgan fingerprint density at radius 3 is 2.62 bits per heavy atom. The number of rotatable bonds is 3. The van der Waals surface area contributed by atoms with Crippen LogP contribution in [-0.4, -0.2) is 42.0 Å². The van der Waals surface area contributed by atoms with Gasteiger partial charge in [0.05, 0.1) is 0 Å². The molecule has 21 heavy (non-hydrogen) atoms. The standard InChI is InChI=1S/C17H25N3O/c21-16(5-4-15-3-1-2-10-19-15)20-13-8-17(9-14-20)6-11-18-12-7-17/h1-3,10,18H,4-9,11-14H2. The van der Waals surface area contributed by atoms with Crippen LogP contribution in [0, 0.1) is 5.41 Å². The number of aromatic nitrogens is 1. The zero-order valence-corrected chi connectivity index (χ0v) is 12.7. The summed E-state index contributed by atoms with van der Waals surface area (Å²) in [6.07, 6.45) is 8.07. The molecule has 0 unspecified atom stereocenters. The molecule has 1 N–H and O–H groups in total. The molecule has 3 heterocycles. The van der Waals surface area contributed by atoms with Crippen molar-refractivity contribution >= 4 is 5.91 Å². The molecular weight excluding hydrogens is 262 g/mol. The number of hydrogen-bond donors (Lipinski definition) is 1. The highest BCUT2D eigenvalue weighted by molar-refractivity contribution is 5.76. The number of carbonyl (C=O) groups is 1. The van der Waals surface area contributed by atoms with E-state index in [4.69, 9.17) is 0 Å². The lowest BCUT2D eigenvalue weighted by atomic mass is 9.71. The van der Waals surface area contributed by atoms with Crippen molar-refractivity contribution in [2.75, 3.05) is 26.2 Å². The number of likely N-dealkylation sites (tertiary alicyclic amines) is 1. The molecule has 1 aromatic rings. The minimum absolute atomic E-state index is 0.296. The SMILES string of the molecule is O=C(CCc1ccccn1)N1CCC2(CCNCC2)CC1. The van der Waals surface area contributed by atoms with Crippen LogP contribution in [0.25, 0.3) is 0 Å². The van der Waals surface area contributed by atoms with Crippen molar-refractivity contribution in [3.8, 4) is 0 Å². The Balaban J connectivity index is 1.46. The van der Waals surface area contributed by atoms with Crippen LogP contribution in [0.4, 0.5) is 0 Å². The Kier molecular flexibility index (Phi) is 4.54. The molecule has 3 rings (SSSR count). The first-order chi connectivity index (χ1) is 10.3. The lowest BCUT2D eigenvalue weighted by Crippen LogP contribution is -2.47. The van der Waals surface area contributed by atoms with Gasteiger partial charge in [-0.2, -0.15) is 0 Å². The fraction of sp³-hybridized carbons (Fsp3) is 0.647. The first-order valence-corrected chi connectivity index (χ1v) is 8.16. The highest BCUT2D eigenvalue weighted by Crippen LogP contribution is 2.39. The number of aryl methyl sites for hydroxylation is 1. The van der Waals surface area contributed by atoms with E-state index in [0.717, 1.165) is 38.3 Å². The van der Waals surface area contributed by atoms with E-state index in [2.05, 4.69) is 15.2 Å². The largest absolute Gasteiger partial charge is 0.343 e. The van der Waals surface area contributed by atoms with E-state index in [9.17, 15) is 4.79 Å². The van der Waals surface area contributed by atoms with Crippen LogP contribution in [0.2, 0.25) is 0 Å². The topological polar surface area (TPSA) is 45.2 Å². The van der Waals surface area contributed by atoms with Crippen molar-refractivity contribution in [3.63, 3.8) is 0 Å². The fourth-order valence-corrected chi connectivity index (χ4v) is 3.63. The molecular formula is C17H25N3O. The average Bonchev–Trinajstić information content (AvgIpc) is 2.55. The van der Waals surface area contributed by atoms with E-state index in [1.165, 1.54) is 25.7 Å². The average molecular weight is 287 g/mol. The molecule has 0 saturated carbocycles. The van der Waals surface area contributed by atoms with Crippen molar-refractivity contribution in [2.45, 2.75) is 38.5 Å². The second kappa shape index (κ2) is 6.56. The number of pyridine rings is 1. The van der Waals surface area contributed by atoms with Gasteiger partial charge in [-0.1, -0.05) is 6.07 Å². The smallest absolute Gasteiger partial charge is 0.222 e. The maximum Gasteiger partial charge on any atom is 0.222 e. The summed E-state index contributed by atoms with van der Waals surface area (Å²) in [4.78, 5) is 18.7. The molecule has 1 amide bonds. The van der Waals surface area contributed by atoms with Crippen LogP contribution in [0.5, 0.6) is 0 Å². The van der Waals surface area contributed by atoms with E-state index < -0.39 is 0 Å². The van der Waals surface area contributed by atoms with Gasteiger partial charge in [0.25, 0.3) is 0 Å². The molecule has 0 aliphatic carbocycles. The summed E-state index contributed by atoms with van der Waals surface area (Å²) < 4.78 is 0. The Labute approximate surface area is 126 Å². The van der Waals surface area contributed by atoms with E-state index in [-0.39, 0.29) is 0 Å². The summed E-state index contributed by atoms with van der Waals surface area (Å²) in [6, 6.07) is 5.89. The molecule has 1 aromatic heterocycles. The van der Waals surface area contributed by atoms with Gasteiger partial charge in [0.15, 0.2) is 0 Å². The second-order valence-corrected chi connectivity index (χ2v) is 6.45. The third-order valence-electron chi connectivity index (χ3n) is 5.16. The first-order valence-electron chi connectivity index (χ1n) is 8.16. The van der Waals surface area contributed by atoms with Gasteiger partial charge in [0.2, 0.25) is 5.91 Å². The van der Waals surface area contributed by atoms with Crippen molar-refractivity contribution < 1.29 is 4.79 Å². The predicted octanol–water partition coefficient (Wildman–Crippen LogP) is 2.01. The summed E-state index contributed by atoms with van der Waals surface area (Å²) in [5.41, 5.74) is 1.53. The van der Waals surface area contributed by atoms with Gasteiger partial charge >= 0.3 is 0 Å². The maximum atomic E-state index is 12.3. The number of nitrogens with one attached hydrogen (secondary N) is 1. The quantitative estimate of drug-likeness (QED) is 0.925. The van der Waals surface area contributed by atoms with Crippen LogP contribution in [-0.2, 0) is 11.2 Å². The van der Waals surface area contributed by atoms with Crippen LogP contribution in [0.15, 0.2) is 24.4 Å². The normalized spacial score (nSPS) is 21.4. The molecule has 2 aliphatic rings. The molecule has 0 bridgehead atoms. The van der Waals surface area contributed by atoms with E-state index in [1.54, 1.807) is 6.20 Å². The summed E-state index contributed by atoms with van der Waals surface area (Å²) in [7, 11) is 0. The molecule has 4 heteroatoms. The number of piperidine rings is 2. The summed E-state index contributed by atoms with van der Waals surface area (Å²) in [5, 5.41) is 3.44. The van der Waals surface area contributed by atoms with Crippen LogP contribution in [0.1, 0.15) is 37.8 Å². The van der Waals surface area contributed by atoms with Gasteiger partial charge in [0, 0.05) is 31.4 Å². The second-order valence-electron chi connectivity index (χ2n) is 6.45. The molecule has 2 saturated heterocycles. The fourth-order valence-electron chi connectivity index (χ4n) is 3.63. The minimum Gasteiger partial charge on any atom is -0.343 e. The molecule has 0 radical (unpaired) electrons. The molecule has 1 spiro atoms. The lowest BCUT2D eigenvalue weighted by Gasteiger charge is -2.44. The highest BCUT2D eigenvalue weighted by Gasteiger charge is 2.36. The molecule has 2 aliphatic heterocycles. The monoisotopic (exact) mass is 287 g/mol. The van der Waals surface area contributed by atoms with E-state index >= 15 is 0 Å². The molecule has 4 nitrogen and oxygen atoms in total. The number of amides is 1. The zero-order chi connectivity index (χ0) is 14.5. The maximum absolute atomic E-state index is 12.3. The third-order valence-corrected chi connectivity index (χ3v) is 5.16. The van der Waals surface area contributed by atoms with Gasteiger partial charge in [-0.25, -0.2) is 0 Å². The van der Waals surface area contributed by atoms with Gasteiger partial charge in [-0.05, 0) is 62.7 Å². The van der Waals surface area contributed by atoms with Crippen molar-refractivity contribution in [3.05, 3.63) is 30.1 Å². The summed E-state index contributed by atoms with van der Waals surface area (Å²) in [6.45, 7) is 4.18. The minimum atomic E-state index is 0.296. The molecule has 2 fully saturated rings. The van der Waals surface area contributed by atoms with Crippen molar-refractivity contribution in [1.29, 1.82) is 0 Å². The zero-order valence-electron chi connectivity index (χ0n) is 12.7. The van der Waals surface area contributed by atoms with Gasteiger partial charge in [0.1, 0.15) is 0 Å². The van der Waals surface area contributed by atoms with E-state index in [1.807, 2.05) is 18.2 Å². The molecule has 0 aromatic carbocycles. The van der Waals surface area contributed by atoms with Gasteiger partial charge < -0.3 is 10.2 Å². The molecule has 0 atom stereocenters. The molecule has 114 valence electrons. The highest BCUT2D eigenvalue weighted by atomic mass is 16.2. The van der Waals surface area contributed by atoms with Crippen LogP contribution < -0.4 is 5.32 Å². The Morgan fingerprint density at radius 1 is 1.19 bits per heavy atom. The van der Waals surface area contributed by atoms with Crippen LogP contribution in [0.3, 0.4) is 0 Å². The number of carbonyl (C=O) groups excluding carboxylic acids is 1. The van der Waals surface area contributed by atoms with Crippen LogP contribution >= 0.6 is 0 Å². The van der Waals surface area contributed by atoms with E-state index in [0.29, 0.717) is 17.7 Å². The van der Waals surface area contributed by atoms with Crippen molar-refractivity contribution in [1.82, 2.24) is 15.2 Å². The first kappa shape index (κ1) is 14.5. The van der Waals surface area contributed by atoms with Gasteiger partial charge in [-0.15, -0.1) is 0 Å².